The summed E-state index contributed by atoms with van der Waals surface area (Å²) in [5, 5.41) is 22.9. The first-order valence-corrected chi connectivity index (χ1v) is 12.5. The van der Waals surface area contributed by atoms with E-state index in [-0.39, 0.29) is 30.2 Å². The Balaban J connectivity index is 1.23. The van der Waals surface area contributed by atoms with Gasteiger partial charge >= 0.3 is 0 Å². The second-order valence-electron chi connectivity index (χ2n) is 8.78. The van der Waals surface area contributed by atoms with Gasteiger partial charge in [0.2, 0.25) is 0 Å². The maximum absolute atomic E-state index is 12.7. The summed E-state index contributed by atoms with van der Waals surface area (Å²) >= 11 is 1.46. The van der Waals surface area contributed by atoms with E-state index in [1.165, 1.54) is 11.3 Å². The van der Waals surface area contributed by atoms with Crippen LogP contribution in [0.15, 0.2) is 78.6 Å². The predicted octanol–water partition coefficient (Wildman–Crippen LogP) is 5.78. The Labute approximate surface area is 213 Å². The van der Waals surface area contributed by atoms with E-state index in [1.807, 2.05) is 62.4 Å². The third-order valence-corrected chi connectivity index (χ3v) is 6.85. The van der Waals surface area contributed by atoms with Crippen LogP contribution in [0.1, 0.15) is 34.8 Å². The minimum absolute atomic E-state index is 0.113. The van der Waals surface area contributed by atoms with Crippen LogP contribution in [-0.4, -0.2) is 34.5 Å². The molecule has 1 amide bonds. The Kier molecular flexibility index (Phi) is 6.43. The Hall–Kier alpha value is -4.17. The maximum Gasteiger partial charge on any atom is 0.251 e. The minimum atomic E-state index is -0.184. The fourth-order valence-corrected chi connectivity index (χ4v) is 5.07. The summed E-state index contributed by atoms with van der Waals surface area (Å²) < 4.78 is 6.66. The molecule has 3 N–H and O–H groups in total. The number of carbonyl (C=O) groups excluding carboxylic acids is 1. The Morgan fingerprint density at radius 3 is 2.53 bits per heavy atom. The second-order valence-corrected chi connectivity index (χ2v) is 9.81. The molecule has 0 bridgehead atoms. The largest absolute Gasteiger partial charge is 0.510 e. The third-order valence-electron chi connectivity index (χ3n) is 5.80. The van der Waals surface area contributed by atoms with Gasteiger partial charge in [-0.15, -0.1) is 11.3 Å². The van der Waals surface area contributed by atoms with Gasteiger partial charge in [0.1, 0.15) is 22.4 Å². The lowest BCUT2D eigenvalue weighted by Crippen LogP contribution is -2.26. The monoisotopic (exact) mass is 498 g/mol. The average Bonchev–Trinajstić information content (AvgIpc) is 3.42. The summed E-state index contributed by atoms with van der Waals surface area (Å²) in [6, 6.07) is 22.4. The Morgan fingerprint density at radius 2 is 1.83 bits per heavy atom. The van der Waals surface area contributed by atoms with Gasteiger partial charge in [0.05, 0.1) is 28.4 Å². The van der Waals surface area contributed by atoms with Gasteiger partial charge in [0.15, 0.2) is 0 Å². The van der Waals surface area contributed by atoms with E-state index >= 15 is 0 Å². The molecule has 0 spiro atoms. The number of nitrogens with one attached hydrogen (secondary N) is 2. The van der Waals surface area contributed by atoms with Crippen molar-refractivity contribution in [1.29, 1.82) is 5.41 Å². The predicted molar refractivity (Wildman–Crippen MR) is 144 cm³/mol. The van der Waals surface area contributed by atoms with E-state index < -0.39 is 0 Å². The number of amides is 1. The quantitative estimate of drug-likeness (QED) is 0.300. The Bertz CT molecular complexity index is 1420. The highest BCUT2D eigenvalue weighted by atomic mass is 32.1. The number of aromatic nitrogens is 1. The normalized spacial score (nSPS) is 13.6. The molecule has 36 heavy (non-hydrogen) atoms. The van der Waals surface area contributed by atoms with Crippen molar-refractivity contribution in [3.05, 3.63) is 94.7 Å². The number of carbonyl (C=O) groups is 1. The number of para-hydroxylation sites is 1. The molecule has 5 rings (SSSR count). The van der Waals surface area contributed by atoms with Gasteiger partial charge in [-0.05, 0) is 67.9 Å². The van der Waals surface area contributed by atoms with Crippen molar-refractivity contribution < 1.29 is 14.6 Å². The SMILES string of the molecule is CC(C)Oc1ccc(CNC(=O)c2ccc(N3CC(O)=C(c4nc5ccccc5s4)C3=N)cc2)cc1. The minimum Gasteiger partial charge on any atom is -0.510 e. The van der Waals surface area contributed by atoms with E-state index in [9.17, 15) is 9.90 Å². The molecule has 0 radical (unpaired) electrons. The zero-order chi connectivity index (χ0) is 25.2. The van der Waals surface area contributed by atoms with Gasteiger partial charge in [0.25, 0.3) is 5.91 Å². The molecule has 3 aromatic carbocycles. The molecule has 0 saturated carbocycles. The van der Waals surface area contributed by atoms with Crippen LogP contribution in [0.25, 0.3) is 15.8 Å². The molecule has 2 heterocycles. The first-order chi connectivity index (χ1) is 17.4. The fourth-order valence-electron chi connectivity index (χ4n) is 4.04. The molecule has 1 aliphatic heterocycles. The molecular weight excluding hydrogens is 472 g/mol. The van der Waals surface area contributed by atoms with Crippen LogP contribution in [0, 0.1) is 5.41 Å². The number of benzene rings is 3. The van der Waals surface area contributed by atoms with E-state index in [0.29, 0.717) is 22.7 Å². The molecule has 1 aromatic heterocycles. The van der Waals surface area contributed by atoms with Crippen LogP contribution in [0.4, 0.5) is 5.69 Å². The molecule has 8 heteroatoms. The smallest absolute Gasteiger partial charge is 0.251 e. The molecule has 0 atom stereocenters. The number of fused-ring (bicyclic) bond motifs is 1. The number of thiazole rings is 1. The van der Waals surface area contributed by atoms with Crippen LogP contribution in [0.2, 0.25) is 0 Å². The summed E-state index contributed by atoms with van der Waals surface area (Å²) in [5.41, 5.74) is 3.51. The molecular formula is C28H26N4O3S. The Morgan fingerprint density at radius 1 is 1.11 bits per heavy atom. The molecule has 0 unspecified atom stereocenters. The molecule has 0 aliphatic carbocycles. The summed E-state index contributed by atoms with van der Waals surface area (Å²) in [6.07, 6.45) is 0.113. The van der Waals surface area contributed by atoms with Crippen molar-refractivity contribution >= 4 is 44.6 Å². The van der Waals surface area contributed by atoms with Crippen LogP contribution < -0.4 is 15.0 Å². The molecule has 7 nitrogen and oxygen atoms in total. The number of hydrogen-bond acceptors (Lipinski definition) is 6. The number of nitrogens with zero attached hydrogens (tertiary/aromatic N) is 2. The topological polar surface area (TPSA) is 98.5 Å². The van der Waals surface area contributed by atoms with Crippen molar-refractivity contribution in [2.45, 2.75) is 26.5 Å². The van der Waals surface area contributed by atoms with Gasteiger partial charge in [-0.25, -0.2) is 4.98 Å². The second kappa shape index (κ2) is 9.83. The highest BCUT2D eigenvalue weighted by Gasteiger charge is 2.31. The highest BCUT2D eigenvalue weighted by Crippen LogP contribution is 2.35. The van der Waals surface area contributed by atoms with Crippen LogP contribution in [0.3, 0.4) is 0 Å². The van der Waals surface area contributed by atoms with Crippen molar-refractivity contribution in [2.75, 3.05) is 11.4 Å². The zero-order valence-corrected chi connectivity index (χ0v) is 20.8. The van der Waals surface area contributed by atoms with Gasteiger partial charge in [-0.2, -0.15) is 0 Å². The summed E-state index contributed by atoms with van der Waals surface area (Å²) in [7, 11) is 0. The first kappa shape index (κ1) is 23.6. The van der Waals surface area contributed by atoms with Crippen molar-refractivity contribution in [3.63, 3.8) is 0 Å². The van der Waals surface area contributed by atoms with Gasteiger partial charge in [-0.3, -0.25) is 10.2 Å². The number of aliphatic hydroxyl groups excluding tert-OH is 1. The van der Waals surface area contributed by atoms with Gasteiger partial charge in [-0.1, -0.05) is 24.3 Å². The maximum atomic E-state index is 12.7. The third kappa shape index (κ3) is 4.81. The first-order valence-electron chi connectivity index (χ1n) is 11.7. The standard InChI is InChI=1S/C28H26N4O3S/c1-17(2)35-21-13-7-18(8-14-21)15-30-27(34)19-9-11-20(12-10-19)32-16-23(33)25(26(32)29)28-31-22-5-3-4-6-24(22)36-28/h3-14,17,29,33H,15-16H2,1-2H3,(H,30,34). The molecule has 4 aromatic rings. The molecule has 0 saturated heterocycles. The average molecular weight is 499 g/mol. The fraction of sp³-hybridized carbons (Fsp3) is 0.179. The van der Waals surface area contributed by atoms with Crippen molar-refractivity contribution in [3.8, 4) is 5.75 Å². The molecule has 1 aliphatic rings. The van der Waals surface area contributed by atoms with Crippen molar-refractivity contribution in [1.82, 2.24) is 10.3 Å². The lowest BCUT2D eigenvalue weighted by Gasteiger charge is -2.19. The summed E-state index contributed by atoms with van der Waals surface area (Å²) in [6.45, 7) is 4.55. The summed E-state index contributed by atoms with van der Waals surface area (Å²) in [4.78, 5) is 19.0. The van der Waals surface area contributed by atoms with E-state index in [4.69, 9.17) is 10.1 Å². The van der Waals surface area contributed by atoms with Gasteiger partial charge < -0.3 is 20.1 Å². The number of ether oxygens (including phenoxy) is 1. The lowest BCUT2D eigenvalue weighted by atomic mass is 10.1. The van der Waals surface area contributed by atoms with Crippen molar-refractivity contribution in [2.24, 2.45) is 0 Å². The van der Waals surface area contributed by atoms with Crippen LogP contribution >= 0.6 is 11.3 Å². The van der Waals surface area contributed by atoms with Gasteiger partial charge in [0, 0.05) is 17.8 Å². The van der Waals surface area contributed by atoms with E-state index in [2.05, 4.69) is 10.3 Å². The van der Waals surface area contributed by atoms with E-state index in [0.717, 1.165) is 27.2 Å². The number of amidine groups is 1. The highest BCUT2D eigenvalue weighted by molar-refractivity contribution is 7.19. The summed E-state index contributed by atoms with van der Waals surface area (Å²) in [5.74, 6) is 0.922. The zero-order valence-electron chi connectivity index (χ0n) is 20.0. The number of hydrogen-bond donors (Lipinski definition) is 3. The van der Waals surface area contributed by atoms with E-state index in [1.54, 1.807) is 29.2 Å². The number of anilines is 1. The molecule has 182 valence electrons. The van der Waals surface area contributed by atoms with Crippen LogP contribution in [-0.2, 0) is 6.54 Å². The number of rotatable bonds is 7. The lowest BCUT2D eigenvalue weighted by molar-refractivity contribution is 0.0951. The molecule has 0 fully saturated rings. The van der Waals surface area contributed by atoms with Crippen LogP contribution in [0.5, 0.6) is 5.75 Å². The number of aliphatic hydroxyl groups is 1.